The number of benzene rings is 2. The number of fused-ring (bicyclic) bond motifs is 1. The number of phenolic OH excluding ortho intramolecular Hbond substituents is 1. The summed E-state index contributed by atoms with van der Waals surface area (Å²) in [6.07, 6.45) is 3.91. The molecule has 5 heteroatoms. The van der Waals surface area contributed by atoms with Crippen molar-refractivity contribution in [2.45, 2.75) is 19.3 Å². The van der Waals surface area contributed by atoms with Crippen molar-refractivity contribution in [2.24, 2.45) is 0 Å². The number of rotatable bonds is 4. The molecule has 0 fully saturated rings. The number of phenols is 1. The first-order valence-electron chi connectivity index (χ1n) is 8.96. The van der Waals surface area contributed by atoms with Gasteiger partial charge in [-0.25, -0.2) is 0 Å². The van der Waals surface area contributed by atoms with Crippen molar-refractivity contribution in [2.75, 3.05) is 0 Å². The van der Waals surface area contributed by atoms with E-state index < -0.39 is 0 Å². The van der Waals surface area contributed by atoms with Gasteiger partial charge in [-0.1, -0.05) is 59.6 Å². The second-order valence-electron chi connectivity index (χ2n) is 6.77. The number of nitrogens with zero attached hydrogens (tertiary/aromatic N) is 2. The largest absolute Gasteiger partial charge is 0.505 e. The molecule has 0 saturated carbocycles. The number of halogens is 2. The van der Waals surface area contributed by atoms with Gasteiger partial charge in [0, 0.05) is 46.4 Å². The summed E-state index contributed by atoms with van der Waals surface area (Å²) in [6, 6.07) is 17.3. The van der Waals surface area contributed by atoms with Gasteiger partial charge < -0.3 is 5.11 Å². The molecule has 4 rings (SSSR count). The lowest BCUT2D eigenvalue weighted by Gasteiger charge is -2.21. The second-order valence-corrected chi connectivity index (χ2v) is 7.62. The third-order valence-electron chi connectivity index (χ3n) is 4.99. The molecule has 0 bridgehead atoms. The molecule has 0 radical (unpaired) electrons. The molecule has 1 unspecified atom stereocenters. The average Bonchev–Trinajstić information content (AvgIpc) is 2.69. The summed E-state index contributed by atoms with van der Waals surface area (Å²) in [6.45, 7) is 1.99. The van der Waals surface area contributed by atoms with Crippen LogP contribution in [-0.2, 0) is 6.42 Å². The number of aryl methyl sites for hydroxylation is 1. The van der Waals surface area contributed by atoms with Crippen LogP contribution in [-0.4, -0.2) is 15.1 Å². The lowest BCUT2D eigenvalue weighted by Crippen LogP contribution is -2.09. The Morgan fingerprint density at radius 2 is 1.79 bits per heavy atom. The van der Waals surface area contributed by atoms with Crippen LogP contribution in [0.2, 0.25) is 10.0 Å². The van der Waals surface area contributed by atoms with Gasteiger partial charge in [-0.3, -0.25) is 9.97 Å². The summed E-state index contributed by atoms with van der Waals surface area (Å²) in [4.78, 5) is 8.88. The standard InChI is InChI=1S/C23H18Cl2N2O/c1-14-11-16(24)13-27-21(14)12-19(17-6-2-3-7-20(17)25)18-9-8-15-5-4-10-26-22(15)23(18)28/h2-11,13,19,28H,12H2,1H3. The summed E-state index contributed by atoms with van der Waals surface area (Å²) < 4.78 is 0. The Kier molecular flexibility index (Phi) is 5.21. The Balaban J connectivity index is 1.88. The first-order chi connectivity index (χ1) is 13.5. The molecular weight excluding hydrogens is 391 g/mol. The highest BCUT2D eigenvalue weighted by Crippen LogP contribution is 2.40. The van der Waals surface area contributed by atoms with Crippen LogP contribution < -0.4 is 0 Å². The van der Waals surface area contributed by atoms with Crippen molar-refractivity contribution in [1.29, 1.82) is 0 Å². The van der Waals surface area contributed by atoms with Gasteiger partial charge in [0.05, 0.1) is 5.02 Å². The van der Waals surface area contributed by atoms with Gasteiger partial charge in [0.1, 0.15) is 11.3 Å². The molecule has 2 aromatic heterocycles. The summed E-state index contributed by atoms with van der Waals surface area (Å²) in [5.74, 6) is 0.00196. The van der Waals surface area contributed by atoms with Crippen molar-refractivity contribution < 1.29 is 5.11 Å². The minimum atomic E-state index is -0.174. The topological polar surface area (TPSA) is 46.0 Å². The van der Waals surface area contributed by atoms with E-state index in [-0.39, 0.29) is 11.7 Å². The van der Waals surface area contributed by atoms with Crippen molar-refractivity contribution in [1.82, 2.24) is 9.97 Å². The number of aromatic hydroxyl groups is 1. The summed E-state index contributed by atoms with van der Waals surface area (Å²) in [5.41, 5.74) is 4.21. The predicted molar refractivity (Wildman–Crippen MR) is 114 cm³/mol. The van der Waals surface area contributed by atoms with E-state index in [0.717, 1.165) is 27.8 Å². The van der Waals surface area contributed by atoms with E-state index in [2.05, 4.69) is 9.97 Å². The van der Waals surface area contributed by atoms with Gasteiger partial charge in [-0.2, -0.15) is 0 Å². The van der Waals surface area contributed by atoms with Crippen LogP contribution >= 0.6 is 23.2 Å². The zero-order valence-electron chi connectivity index (χ0n) is 15.2. The molecule has 2 heterocycles. The third-order valence-corrected chi connectivity index (χ3v) is 5.54. The predicted octanol–water partition coefficient (Wildman–Crippen LogP) is 6.33. The molecule has 140 valence electrons. The maximum atomic E-state index is 11.0. The first-order valence-corrected chi connectivity index (χ1v) is 9.72. The highest BCUT2D eigenvalue weighted by atomic mass is 35.5. The summed E-state index contributed by atoms with van der Waals surface area (Å²) in [7, 11) is 0. The minimum Gasteiger partial charge on any atom is -0.505 e. The fourth-order valence-corrected chi connectivity index (χ4v) is 4.03. The molecule has 0 amide bonds. The molecule has 2 aromatic carbocycles. The van der Waals surface area contributed by atoms with E-state index in [0.29, 0.717) is 22.0 Å². The van der Waals surface area contributed by atoms with Crippen molar-refractivity contribution in [3.05, 3.63) is 99.4 Å². The van der Waals surface area contributed by atoms with Gasteiger partial charge in [0.25, 0.3) is 0 Å². The van der Waals surface area contributed by atoms with Crippen molar-refractivity contribution in [3.8, 4) is 5.75 Å². The Morgan fingerprint density at radius 1 is 0.964 bits per heavy atom. The highest BCUT2D eigenvalue weighted by Gasteiger charge is 2.23. The zero-order chi connectivity index (χ0) is 19.7. The van der Waals surface area contributed by atoms with Crippen LogP contribution in [0.1, 0.15) is 28.3 Å². The number of pyridine rings is 2. The van der Waals surface area contributed by atoms with Crippen LogP contribution in [0, 0.1) is 6.92 Å². The molecule has 0 aliphatic heterocycles. The average molecular weight is 409 g/mol. The van der Waals surface area contributed by atoms with Gasteiger partial charge >= 0.3 is 0 Å². The summed E-state index contributed by atoms with van der Waals surface area (Å²) >= 11 is 12.6. The monoisotopic (exact) mass is 408 g/mol. The molecule has 0 aliphatic rings. The molecule has 1 N–H and O–H groups in total. The highest BCUT2D eigenvalue weighted by molar-refractivity contribution is 6.31. The van der Waals surface area contributed by atoms with Crippen molar-refractivity contribution >= 4 is 34.1 Å². The molecule has 4 aromatic rings. The number of hydrogen-bond donors (Lipinski definition) is 1. The van der Waals surface area contributed by atoms with Crippen LogP contribution in [0.15, 0.2) is 67.0 Å². The zero-order valence-corrected chi connectivity index (χ0v) is 16.7. The van der Waals surface area contributed by atoms with E-state index in [1.807, 2.05) is 61.5 Å². The SMILES string of the molecule is Cc1cc(Cl)cnc1CC(c1ccccc1Cl)c1ccc2cccnc2c1O. The molecule has 0 spiro atoms. The quantitative estimate of drug-likeness (QED) is 0.429. The van der Waals surface area contributed by atoms with E-state index in [4.69, 9.17) is 23.2 Å². The lowest BCUT2D eigenvalue weighted by molar-refractivity contribution is 0.469. The molecule has 3 nitrogen and oxygen atoms in total. The first kappa shape index (κ1) is 18.7. The van der Waals surface area contributed by atoms with Crippen LogP contribution in [0.4, 0.5) is 0 Å². The molecule has 0 saturated heterocycles. The molecule has 1 atom stereocenters. The van der Waals surface area contributed by atoms with Crippen LogP contribution in [0.5, 0.6) is 5.75 Å². The fourth-order valence-electron chi connectivity index (χ4n) is 3.55. The number of aromatic nitrogens is 2. The number of hydrogen-bond acceptors (Lipinski definition) is 3. The maximum absolute atomic E-state index is 11.0. The Morgan fingerprint density at radius 3 is 2.57 bits per heavy atom. The van der Waals surface area contributed by atoms with E-state index in [9.17, 15) is 5.11 Å². The summed E-state index contributed by atoms with van der Waals surface area (Å²) in [5, 5.41) is 13.2. The second kappa shape index (κ2) is 7.78. The molecule has 0 aliphatic carbocycles. The van der Waals surface area contributed by atoms with Gasteiger partial charge in [0.15, 0.2) is 0 Å². The smallest absolute Gasteiger partial charge is 0.145 e. The van der Waals surface area contributed by atoms with Gasteiger partial charge in [0.2, 0.25) is 0 Å². The normalized spacial score (nSPS) is 12.2. The minimum absolute atomic E-state index is 0.174. The maximum Gasteiger partial charge on any atom is 0.145 e. The van der Waals surface area contributed by atoms with Gasteiger partial charge in [-0.15, -0.1) is 0 Å². The van der Waals surface area contributed by atoms with E-state index in [1.54, 1.807) is 12.4 Å². The lowest BCUT2D eigenvalue weighted by atomic mass is 9.85. The van der Waals surface area contributed by atoms with E-state index in [1.165, 1.54) is 0 Å². The fraction of sp³-hybridized carbons (Fsp3) is 0.130. The third kappa shape index (κ3) is 3.56. The molecule has 28 heavy (non-hydrogen) atoms. The van der Waals surface area contributed by atoms with Crippen LogP contribution in [0.3, 0.4) is 0 Å². The Labute approximate surface area is 173 Å². The van der Waals surface area contributed by atoms with Crippen LogP contribution in [0.25, 0.3) is 10.9 Å². The van der Waals surface area contributed by atoms with E-state index >= 15 is 0 Å². The van der Waals surface area contributed by atoms with Crippen molar-refractivity contribution in [3.63, 3.8) is 0 Å². The van der Waals surface area contributed by atoms with Gasteiger partial charge in [-0.05, 0) is 36.2 Å². The molecular formula is C23H18Cl2N2O. The Bertz CT molecular complexity index is 1160. The Hall–Kier alpha value is -2.62.